The van der Waals surface area contributed by atoms with Crippen LogP contribution in [0.5, 0.6) is 0 Å². The Labute approximate surface area is 72.4 Å². The van der Waals surface area contributed by atoms with Crippen LogP contribution in [-0.2, 0) is 4.79 Å². The number of amides is 1. The highest BCUT2D eigenvalue weighted by molar-refractivity contribution is 5.84. The van der Waals surface area contributed by atoms with Gasteiger partial charge in [-0.1, -0.05) is 6.42 Å². The van der Waals surface area contributed by atoms with Gasteiger partial charge >= 0.3 is 0 Å². The number of carbonyl (C=O) groups is 1. The van der Waals surface area contributed by atoms with Gasteiger partial charge in [-0.25, -0.2) is 0 Å². The van der Waals surface area contributed by atoms with Crippen molar-refractivity contribution in [3.8, 4) is 0 Å². The maximum absolute atomic E-state index is 11.7. The van der Waals surface area contributed by atoms with Crippen LogP contribution in [0.3, 0.4) is 0 Å². The molecular formula is C9H14NO2. The number of aliphatic hydroxyl groups is 1. The summed E-state index contributed by atoms with van der Waals surface area (Å²) >= 11 is 0. The molecule has 0 unspecified atom stereocenters. The van der Waals surface area contributed by atoms with E-state index in [4.69, 9.17) is 5.11 Å². The van der Waals surface area contributed by atoms with E-state index in [-0.39, 0.29) is 17.9 Å². The Hall–Kier alpha value is -0.570. The van der Waals surface area contributed by atoms with Gasteiger partial charge in [0.05, 0.1) is 12.0 Å². The van der Waals surface area contributed by atoms with E-state index in [1.54, 1.807) is 0 Å². The van der Waals surface area contributed by atoms with Crippen molar-refractivity contribution in [2.45, 2.75) is 19.3 Å². The first-order valence-corrected chi connectivity index (χ1v) is 4.50. The first-order chi connectivity index (χ1) is 5.78. The quantitative estimate of drug-likeness (QED) is 0.639. The maximum atomic E-state index is 11.7. The third kappa shape index (κ3) is 0.959. The van der Waals surface area contributed by atoms with Gasteiger partial charge in [0.25, 0.3) is 0 Å². The fourth-order valence-electron chi connectivity index (χ4n) is 1.80. The van der Waals surface area contributed by atoms with Crippen LogP contribution in [0, 0.1) is 11.8 Å². The summed E-state index contributed by atoms with van der Waals surface area (Å²) in [6.07, 6.45) is 4.91. The number of carbonyl (C=O) groups excluding carboxylic acids is 1. The number of nitrogens with zero attached hydrogens (tertiary/aromatic N) is 1. The first-order valence-electron chi connectivity index (χ1n) is 4.50. The van der Waals surface area contributed by atoms with Crippen LogP contribution in [0.1, 0.15) is 19.3 Å². The van der Waals surface area contributed by atoms with Gasteiger partial charge in [-0.3, -0.25) is 4.79 Å². The summed E-state index contributed by atoms with van der Waals surface area (Å²) in [6, 6.07) is 0. The minimum absolute atomic E-state index is 0.0301. The van der Waals surface area contributed by atoms with E-state index in [9.17, 15) is 4.79 Å². The minimum Gasteiger partial charge on any atom is -0.395 e. The van der Waals surface area contributed by atoms with Crippen molar-refractivity contribution in [3.63, 3.8) is 0 Å². The van der Waals surface area contributed by atoms with Crippen molar-refractivity contribution >= 4 is 5.91 Å². The molecule has 0 spiro atoms. The first kappa shape index (κ1) is 8.05. The highest BCUT2D eigenvalue weighted by Crippen LogP contribution is 2.42. The Balaban J connectivity index is 2.00. The molecule has 67 valence electrons. The van der Waals surface area contributed by atoms with Gasteiger partial charge in [0.15, 0.2) is 0 Å². The molecule has 2 aliphatic rings. The average molecular weight is 168 g/mol. The number of aliphatic hydroxyl groups excluding tert-OH is 1. The molecule has 3 nitrogen and oxygen atoms in total. The largest absolute Gasteiger partial charge is 0.395 e. The summed E-state index contributed by atoms with van der Waals surface area (Å²) in [4.78, 5) is 13.5. The van der Waals surface area contributed by atoms with E-state index in [2.05, 4.69) is 6.42 Å². The van der Waals surface area contributed by atoms with Gasteiger partial charge in [0, 0.05) is 19.5 Å². The van der Waals surface area contributed by atoms with E-state index in [0.29, 0.717) is 0 Å². The topological polar surface area (TPSA) is 40.5 Å². The van der Waals surface area contributed by atoms with Gasteiger partial charge in [0.1, 0.15) is 0 Å². The lowest BCUT2D eigenvalue weighted by Gasteiger charge is -2.44. The molecular weight excluding hydrogens is 154 g/mol. The zero-order valence-corrected chi connectivity index (χ0v) is 7.12. The lowest BCUT2D eigenvalue weighted by atomic mass is 9.68. The molecule has 0 atom stereocenters. The smallest absolute Gasteiger partial charge is 0.231 e. The van der Waals surface area contributed by atoms with Crippen LogP contribution >= 0.6 is 0 Å². The van der Waals surface area contributed by atoms with Crippen molar-refractivity contribution < 1.29 is 9.90 Å². The average Bonchev–Trinajstić information content (AvgIpc) is 1.81. The lowest BCUT2D eigenvalue weighted by molar-refractivity contribution is -0.152. The van der Waals surface area contributed by atoms with Crippen molar-refractivity contribution in [1.82, 2.24) is 4.90 Å². The van der Waals surface area contributed by atoms with Gasteiger partial charge in [0.2, 0.25) is 5.91 Å². The van der Waals surface area contributed by atoms with E-state index in [1.165, 1.54) is 0 Å². The third-order valence-electron chi connectivity index (χ3n) is 3.05. The van der Waals surface area contributed by atoms with Crippen molar-refractivity contribution in [2.24, 2.45) is 5.41 Å². The third-order valence-corrected chi connectivity index (χ3v) is 3.05. The molecule has 0 aromatic carbocycles. The molecule has 1 N–H and O–H groups in total. The highest BCUT2D eigenvalue weighted by atomic mass is 16.3. The molecule has 1 saturated heterocycles. The number of hydrogen-bond donors (Lipinski definition) is 1. The molecule has 1 amide bonds. The Bertz CT molecular complexity index is 189. The summed E-state index contributed by atoms with van der Waals surface area (Å²) < 4.78 is 0. The second-order valence-electron chi connectivity index (χ2n) is 3.79. The molecule has 3 heteroatoms. The summed E-state index contributed by atoms with van der Waals surface area (Å²) in [5.74, 6) is 0.166. The van der Waals surface area contributed by atoms with E-state index >= 15 is 0 Å². The monoisotopic (exact) mass is 168 g/mol. The molecule has 2 rings (SSSR count). The summed E-state index contributed by atoms with van der Waals surface area (Å²) in [6.45, 7) is 1.59. The Morgan fingerprint density at radius 3 is 2.42 bits per heavy atom. The molecule has 0 aromatic rings. The SMILES string of the molecule is O=C(N1C[CH]C1)C1(CO)CCC1. The molecule has 1 heterocycles. The number of likely N-dealkylation sites (tertiary alicyclic amines) is 1. The molecule has 1 radical (unpaired) electrons. The second-order valence-corrected chi connectivity index (χ2v) is 3.79. The second kappa shape index (κ2) is 2.73. The van der Waals surface area contributed by atoms with Crippen LogP contribution in [-0.4, -0.2) is 35.6 Å². The molecule has 1 saturated carbocycles. The van der Waals surface area contributed by atoms with E-state index in [1.807, 2.05) is 4.90 Å². The Morgan fingerprint density at radius 1 is 1.50 bits per heavy atom. The van der Waals surface area contributed by atoms with Gasteiger partial charge < -0.3 is 10.0 Å². The highest BCUT2D eigenvalue weighted by Gasteiger charge is 2.46. The predicted octanol–water partition coefficient (Wildman–Crippen LogP) is 0.195. The van der Waals surface area contributed by atoms with Crippen LogP contribution < -0.4 is 0 Å². The van der Waals surface area contributed by atoms with Crippen LogP contribution in [0.2, 0.25) is 0 Å². The Kier molecular flexibility index (Phi) is 1.83. The molecule has 0 aromatic heterocycles. The van der Waals surface area contributed by atoms with Crippen LogP contribution in [0.4, 0.5) is 0 Å². The Morgan fingerprint density at radius 2 is 2.17 bits per heavy atom. The van der Waals surface area contributed by atoms with Gasteiger partial charge in [-0.15, -0.1) is 0 Å². The standard InChI is InChI=1S/C9H14NO2/c11-7-9(3-1-4-9)8(12)10-5-2-6-10/h2,11H,1,3-7H2. The molecule has 0 bridgehead atoms. The predicted molar refractivity (Wildman–Crippen MR) is 44.2 cm³/mol. The minimum atomic E-state index is -0.381. The number of hydrogen-bond acceptors (Lipinski definition) is 2. The summed E-state index contributed by atoms with van der Waals surface area (Å²) in [5.41, 5.74) is -0.381. The molecule has 2 fully saturated rings. The summed E-state index contributed by atoms with van der Waals surface area (Å²) in [5, 5.41) is 9.12. The molecule has 1 aliphatic carbocycles. The molecule has 1 aliphatic heterocycles. The maximum Gasteiger partial charge on any atom is 0.231 e. The normalized spacial score (nSPS) is 25.9. The number of rotatable bonds is 2. The fourth-order valence-corrected chi connectivity index (χ4v) is 1.80. The zero-order chi connectivity index (χ0) is 8.60. The van der Waals surface area contributed by atoms with Crippen molar-refractivity contribution in [3.05, 3.63) is 6.42 Å². The van der Waals surface area contributed by atoms with Crippen LogP contribution in [0.25, 0.3) is 0 Å². The van der Waals surface area contributed by atoms with Crippen molar-refractivity contribution in [2.75, 3.05) is 19.7 Å². The van der Waals surface area contributed by atoms with Gasteiger partial charge in [-0.05, 0) is 12.8 Å². The molecule has 12 heavy (non-hydrogen) atoms. The van der Waals surface area contributed by atoms with Crippen molar-refractivity contribution in [1.29, 1.82) is 0 Å². The van der Waals surface area contributed by atoms with E-state index in [0.717, 1.165) is 32.4 Å². The lowest BCUT2D eigenvalue weighted by Crippen LogP contribution is -2.54. The van der Waals surface area contributed by atoms with Gasteiger partial charge in [-0.2, -0.15) is 0 Å². The fraction of sp³-hybridized carbons (Fsp3) is 0.778. The zero-order valence-electron chi connectivity index (χ0n) is 7.12. The summed E-state index contributed by atoms with van der Waals surface area (Å²) in [7, 11) is 0. The van der Waals surface area contributed by atoms with E-state index < -0.39 is 0 Å². The van der Waals surface area contributed by atoms with Crippen LogP contribution in [0.15, 0.2) is 0 Å².